The number of likely N-dealkylation sites (N-methyl/N-ethyl adjacent to an activating group) is 1. The predicted molar refractivity (Wildman–Crippen MR) is 102 cm³/mol. The van der Waals surface area contributed by atoms with Crippen molar-refractivity contribution in [3.8, 4) is 0 Å². The quantitative estimate of drug-likeness (QED) is 0.273. The number of quaternary nitrogens is 1. The molecule has 0 unspecified atom stereocenters. The number of carbonyl (C=O) groups is 3. The van der Waals surface area contributed by atoms with Gasteiger partial charge in [0.1, 0.15) is 30.4 Å². The second kappa shape index (κ2) is 10.6. The third kappa shape index (κ3) is 13.3. The molecule has 8 nitrogen and oxygen atoms in total. The van der Waals surface area contributed by atoms with Crippen LogP contribution in [0.25, 0.3) is 0 Å². The first-order chi connectivity index (χ1) is 12.5. The molecule has 0 aliphatic rings. The molecule has 0 aromatic rings. The lowest BCUT2D eigenvalue weighted by Crippen LogP contribution is -2.46. The van der Waals surface area contributed by atoms with Gasteiger partial charge in [0, 0.05) is 6.42 Å². The molecule has 0 aromatic heterocycles. The molecular weight excluding hydrogens is 371 g/mol. The number of carbonyl (C=O) groups excluding carboxylic acids is 3. The predicted octanol–water partition coefficient (Wildman–Crippen LogP) is 2.55. The van der Waals surface area contributed by atoms with Gasteiger partial charge in [0.2, 0.25) is 6.80 Å². The van der Waals surface area contributed by atoms with Gasteiger partial charge in [0.05, 0.1) is 14.1 Å². The van der Waals surface area contributed by atoms with Crippen molar-refractivity contribution in [2.24, 2.45) is 0 Å². The zero-order valence-electron chi connectivity index (χ0n) is 18.4. The molecule has 9 heteroatoms. The summed E-state index contributed by atoms with van der Waals surface area (Å²) in [6, 6.07) is -1.06. The summed E-state index contributed by atoms with van der Waals surface area (Å²) in [6.45, 7) is 10.0. The van der Waals surface area contributed by atoms with Gasteiger partial charge in [0.15, 0.2) is 0 Å². The van der Waals surface area contributed by atoms with Gasteiger partial charge in [0.25, 0.3) is 0 Å². The van der Waals surface area contributed by atoms with Crippen LogP contribution in [0, 0.1) is 0 Å². The lowest BCUT2D eigenvalue weighted by Gasteiger charge is -2.26. The highest BCUT2D eigenvalue weighted by Gasteiger charge is 2.29. The number of esters is 2. The van der Waals surface area contributed by atoms with Crippen LogP contribution in [-0.2, 0) is 23.8 Å². The van der Waals surface area contributed by atoms with Gasteiger partial charge in [-0.15, -0.1) is 0 Å². The molecule has 1 atom stereocenters. The van der Waals surface area contributed by atoms with Crippen molar-refractivity contribution in [1.82, 2.24) is 5.32 Å². The second-order valence-corrected chi connectivity index (χ2v) is 9.27. The Labute approximate surface area is 167 Å². The fourth-order valence-electron chi connectivity index (χ4n) is 1.87. The van der Waals surface area contributed by atoms with E-state index in [1.165, 1.54) is 0 Å². The molecule has 0 heterocycles. The largest absolute Gasteiger partial charge is 0.460 e. The number of ether oxygens (including phenoxy) is 3. The lowest BCUT2D eigenvalue weighted by molar-refractivity contribution is -0.902. The van der Waals surface area contributed by atoms with Gasteiger partial charge in [-0.25, -0.2) is 9.59 Å². The minimum Gasteiger partial charge on any atom is -0.460 e. The Morgan fingerprint density at radius 1 is 1.00 bits per heavy atom. The molecule has 0 saturated heterocycles. The summed E-state index contributed by atoms with van der Waals surface area (Å²) >= 11 is 0. The van der Waals surface area contributed by atoms with Gasteiger partial charge in [-0.2, -0.15) is 4.39 Å². The maximum absolute atomic E-state index is 12.7. The standard InChI is InChI=1S/C19H35FN2O6/c1-18(2,3)27-16(24)14(21-17(25)28-19(4,5)6)9-10-15(23)26-12-11-22(7,8)13-20/h14H,9-13H2,1-8H3/p+1/t14-/m0/s1. The van der Waals surface area contributed by atoms with Crippen LogP contribution in [0.2, 0.25) is 0 Å². The van der Waals surface area contributed by atoms with Crippen molar-refractivity contribution in [2.75, 3.05) is 34.0 Å². The molecule has 28 heavy (non-hydrogen) atoms. The zero-order chi connectivity index (χ0) is 22.2. The number of alkyl halides is 1. The van der Waals surface area contributed by atoms with Gasteiger partial charge in [-0.1, -0.05) is 0 Å². The molecule has 0 bridgehead atoms. The van der Waals surface area contributed by atoms with E-state index in [0.717, 1.165) is 0 Å². The number of nitrogens with one attached hydrogen (secondary N) is 1. The summed E-state index contributed by atoms with van der Waals surface area (Å²) < 4.78 is 28.4. The summed E-state index contributed by atoms with van der Waals surface area (Å²) in [7, 11) is 3.36. The average molecular weight is 408 g/mol. The summed E-state index contributed by atoms with van der Waals surface area (Å²) in [5.41, 5.74) is -1.48. The number of halogens is 1. The first kappa shape index (κ1) is 26.1. The third-order valence-electron chi connectivity index (χ3n) is 3.30. The Bertz CT molecular complexity index is 538. The topological polar surface area (TPSA) is 90.9 Å². The second-order valence-electron chi connectivity index (χ2n) is 9.27. The Morgan fingerprint density at radius 3 is 2.00 bits per heavy atom. The smallest absolute Gasteiger partial charge is 0.408 e. The van der Waals surface area contributed by atoms with E-state index >= 15 is 0 Å². The molecule has 0 aliphatic carbocycles. The van der Waals surface area contributed by atoms with Crippen molar-refractivity contribution in [3.05, 3.63) is 0 Å². The number of rotatable bonds is 9. The van der Waals surface area contributed by atoms with Crippen molar-refractivity contribution < 1.29 is 37.5 Å². The molecule has 164 valence electrons. The Kier molecular flexibility index (Phi) is 9.87. The molecule has 1 N–H and O–H groups in total. The van der Waals surface area contributed by atoms with E-state index < -0.39 is 42.1 Å². The lowest BCUT2D eigenvalue weighted by atomic mass is 10.1. The summed E-state index contributed by atoms with van der Waals surface area (Å²) in [5, 5.41) is 2.44. The zero-order valence-corrected chi connectivity index (χ0v) is 18.4. The molecule has 0 aromatic carbocycles. The van der Waals surface area contributed by atoms with E-state index in [1.54, 1.807) is 55.6 Å². The molecule has 0 fully saturated rings. The van der Waals surface area contributed by atoms with Crippen LogP contribution in [0.1, 0.15) is 54.4 Å². The fourth-order valence-corrected chi connectivity index (χ4v) is 1.87. The first-order valence-corrected chi connectivity index (χ1v) is 9.30. The van der Waals surface area contributed by atoms with Crippen molar-refractivity contribution in [3.63, 3.8) is 0 Å². The average Bonchev–Trinajstić information content (AvgIpc) is 2.47. The first-order valence-electron chi connectivity index (χ1n) is 9.30. The minimum absolute atomic E-state index is 0.00560. The summed E-state index contributed by atoms with van der Waals surface area (Å²) in [6.07, 6.45) is -0.893. The van der Waals surface area contributed by atoms with E-state index in [2.05, 4.69) is 5.32 Å². The number of hydrogen-bond acceptors (Lipinski definition) is 6. The van der Waals surface area contributed by atoms with E-state index in [-0.39, 0.29) is 23.9 Å². The van der Waals surface area contributed by atoms with Gasteiger partial charge in [-0.05, 0) is 48.0 Å². The summed E-state index contributed by atoms with van der Waals surface area (Å²) in [5.74, 6) is -1.21. The van der Waals surface area contributed by atoms with Crippen molar-refractivity contribution in [2.45, 2.75) is 71.6 Å². The maximum Gasteiger partial charge on any atom is 0.408 e. The Balaban J connectivity index is 4.77. The fraction of sp³-hybridized carbons (Fsp3) is 0.842. The van der Waals surface area contributed by atoms with Crippen LogP contribution in [0.3, 0.4) is 0 Å². The number of hydrogen-bond donors (Lipinski definition) is 1. The number of alkyl carbamates (subject to hydrolysis) is 1. The van der Waals surface area contributed by atoms with E-state index in [4.69, 9.17) is 14.2 Å². The maximum atomic E-state index is 12.7. The molecule has 0 spiro atoms. The van der Waals surface area contributed by atoms with Gasteiger partial charge < -0.3 is 19.5 Å². The monoisotopic (exact) mass is 407 g/mol. The Morgan fingerprint density at radius 2 is 1.54 bits per heavy atom. The van der Waals surface area contributed by atoms with Crippen LogP contribution in [-0.4, -0.2) is 73.8 Å². The Hall–Kier alpha value is -1.90. The molecular formula is C19H36FN2O6+. The van der Waals surface area contributed by atoms with Crippen LogP contribution in [0.5, 0.6) is 0 Å². The summed E-state index contributed by atoms with van der Waals surface area (Å²) in [4.78, 5) is 36.3. The molecule has 0 saturated carbocycles. The van der Waals surface area contributed by atoms with E-state index in [0.29, 0.717) is 6.54 Å². The molecule has 0 aliphatic heterocycles. The van der Waals surface area contributed by atoms with E-state index in [9.17, 15) is 18.8 Å². The number of amides is 1. The molecule has 1 amide bonds. The van der Waals surface area contributed by atoms with Crippen LogP contribution < -0.4 is 5.32 Å². The van der Waals surface area contributed by atoms with Gasteiger partial charge in [-0.3, -0.25) is 9.28 Å². The highest BCUT2D eigenvalue weighted by Crippen LogP contribution is 2.13. The van der Waals surface area contributed by atoms with E-state index in [1.807, 2.05) is 0 Å². The van der Waals surface area contributed by atoms with Crippen molar-refractivity contribution in [1.29, 1.82) is 0 Å². The van der Waals surface area contributed by atoms with Crippen LogP contribution >= 0.6 is 0 Å². The normalized spacial score (nSPS) is 13.5. The minimum atomic E-state index is -1.06. The SMILES string of the molecule is CC(C)(C)OC(=O)N[C@@H](CCC(=O)OCC[N+](C)(C)CF)C(=O)OC(C)(C)C. The van der Waals surface area contributed by atoms with Gasteiger partial charge >= 0.3 is 18.0 Å². The highest BCUT2D eigenvalue weighted by atomic mass is 19.1. The van der Waals surface area contributed by atoms with Crippen molar-refractivity contribution >= 4 is 18.0 Å². The third-order valence-corrected chi connectivity index (χ3v) is 3.30. The molecule has 0 radical (unpaired) electrons. The molecule has 0 rings (SSSR count). The van der Waals surface area contributed by atoms with Crippen LogP contribution in [0.4, 0.5) is 9.18 Å². The number of nitrogens with zero attached hydrogens (tertiary/aromatic N) is 1. The van der Waals surface area contributed by atoms with Crippen LogP contribution in [0.15, 0.2) is 0 Å². The highest BCUT2D eigenvalue weighted by molar-refractivity contribution is 5.82.